The van der Waals surface area contributed by atoms with Gasteiger partial charge in [0.1, 0.15) is 0 Å². The van der Waals surface area contributed by atoms with Crippen LogP contribution in [-0.2, 0) is 11.2 Å². The second-order valence-electron chi connectivity index (χ2n) is 4.91. The molecular formula is C13H19ClN2O. The van der Waals surface area contributed by atoms with Crippen molar-refractivity contribution in [2.24, 2.45) is 5.73 Å². The van der Waals surface area contributed by atoms with E-state index >= 15 is 0 Å². The molecule has 1 aromatic carbocycles. The Labute approximate surface area is 108 Å². The standard InChI is InChI=1S/C13H18N2O.ClH/c1-13(2,14)12(16)15-9-5-7-10-6-3-4-8-11(10)15;/h3-4,6,8H,5,7,9,14H2,1-2H3;1H. The Bertz CT molecular complexity index is 412. The van der Waals surface area contributed by atoms with Crippen LogP contribution in [0.3, 0.4) is 0 Å². The Kier molecular flexibility index (Phi) is 4.17. The number of hydrogen-bond donors (Lipinski definition) is 1. The molecular weight excluding hydrogens is 236 g/mol. The number of anilines is 1. The molecule has 2 rings (SSSR count). The van der Waals surface area contributed by atoms with E-state index in [0.717, 1.165) is 25.1 Å². The van der Waals surface area contributed by atoms with Crippen LogP contribution in [0.4, 0.5) is 5.69 Å². The summed E-state index contributed by atoms with van der Waals surface area (Å²) in [6, 6.07) is 8.06. The van der Waals surface area contributed by atoms with E-state index in [0.29, 0.717) is 0 Å². The lowest BCUT2D eigenvalue weighted by Gasteiger charge is -2.33. The maximum Gasteiger partial charge on any atom is 0.246 e. The maximum absolute atomic E-state index is 12.2. The molecule has 1 aliphatic heterocycles. The van der Waals surface area contributed by atoms with Gasteiger partial charge in [-0.3, -0.25) is 4.79 Å². The molecule has 4 heteroatoms. The number of nitrogens with two attached hydrogens (primary N) is 1. The van der Waals surface area contributed by atoms with Crippen LogP contribution in [0.25, 0.3) is 0 Å². The third kappa shape index (κ3) is 2.79. The lowest BCUT2D eigenvalue weighted by Crippen LogP contribution is -2.52. The van der Waals surface area contributed by atoms with Crippen LogP contribution in [0.5, 0.6) is 0 Å². The molecule has 3 nitrogen and oxygen atoms in total. The van der Waals surface area contributed by atoms with Gasteiger partial charge in [0.05, 0.1) is 5.54 Å². The second-order valence-corrected chi connectivity index (χ2v) is 4.91. The van der Waals surface area contributed by atoms with Gasteiger partial charge < -0.3 is 10.6 Å². The summed E-state index contributed by atoms with van der Waals surface area (Å²) in [4.78, 5) is 14.0. The fourth-order valence-corrected chi connectivity index (χ4v) is 2.09. The summed E-state index contributed by atoms with van der Waals surface area (Å²) in [5, 5.41) is 0. The van der Waals surface area contributed by atoms with Crippen LogP contribution in [0.2, 0.25) is 0 Å². The van der Waals surface area contributed by atoms with Gasteiger partial charge in [-0.2, -0.15) is 0 Å². The highest BCUT2D eigenvalue weighted by atomic mass is 35.5. The van der Waals surface area contributed by atoms with E-state index in [4.69, 9.17) is 5.73 Å². The van der Waals surface area contributed by atoms with Gasteiger partial charge >= 0.3 is 0 Å². The minimum absolute atomic E-state index is 0. The van der Waals surface area contributed by atoms with Gasteiger partial charge in [-0.25, -0.2) is 0 Å². The normalized spacial score (nSPS) is 14.9. The van der Waals surface area contributed by atoms with E-state index in [1.165, 1.54) is 5.56 Å². The summed E-state index contributed by atoms with van der Waals surface area (Å²) in [7, 11) is 0. The van der Waals surface area contributed by atoms with Gasteiger partial charge in [0, 0.05) is 12.2 Å². The molecule has 17 heavy (non-hydrogen) atoms. The van der Waals surface area contributed by atoms with Gasteiger partial charge in [0.15, 0.2) is 0 Å². The molecule has 1 aliphatic rings. The number of hydrogen-bond acceptors (Lipinski definition) is 2. The van der Waals surface area contributed by atoms with Crippen molar-refractivity contribution in [2.45, 2.75) is 32.2 Å². The molecule has 0 atom stereocenters. The zero-order valence-electron chi connectivity index (χ0n) is 10.3. The first kappa shape index (κ1) is 14.0. The highest BCUT2D eigenvalue weighted by molar-refractivity contribution is 6.00. The number of halogens is 1. The van der Waals surface area contributed by atoms with Crippen molar-refractivity contribution in [1.82, 2.24) is 0 Å². The first-order valence-corrected chi connectivity index (χ1v) is 5.69. The van der Waals surface area contributed by atoms with E-state index in [1.54, 1.807) is 13.8 Å². The molecule has 0 bridgehead atoms. The van der Waals surface area contributed by atoms with E-state index in [9.17, 15) is 4.79 Å². The molecule has 0 saturated heterocycles. The van der Waals surface area contributed by atoms with Crippen molar-refractivity contribution in [3.63, 3.8) is 0 Å². The lowest BCUT2D eigenvalue weighted by molar-refractivity contribution is -0.122. The number of rotatable bonds is 1. The molecule has 0 saturated carbocycles. The van der Waals surface area contributed by atoms with E-state index < -0.39 is 5.54 Å². The zero-order chi connectivity index (χ0) is 11.8. The third-order valence-electron chi connectivity index (χ3n) is 2.91. The van der Waals surface area contributed by atoms with Crippen molar-refractivity contribution in [1.29, 1.82) is 0 Å². The molecule has 0 fully saturated rings. The second kappa shape index (κ2) is 5.07. The highest BCUT2D eigenvalue weighted by Gasteiger charge is 2.31. The number of benzene rings is 1. The summed E-state index contributed by atoms with van der Waals surface area (Å²) < 4.78 is 0. The lowest BCUT2D eigenvalue weighted by atomic mass is 9.98. The van der Waals surface area contributed by atoms with Crippen molar-refractivity contribution in [2.75, 3.05) is 11.4 Å². The number of carbonyl (C=O) groups excluding carboxylic acids is 1. The molecule has 1 aromatic rings. The minimum Gasteiger partial charge on any atom is -0.318 e. The van der Waals surface area contributed by atoms with E-state index in [2.05, 4.69) is 6.07 Å². The van der Waals surface area contributed by atoms with Crippen LogP contribution in [0.1, 0.15) is 25.8 Å². The SMILES string of the molecule is CC(C)(N)C(=O)N1CCCc2ccccc21.Cl. The van der Waals surface area contributed by atoms with Gasteiger partial charge in [-0.05, 0) is 38.3 Å². The maximum atomic E-state index is 12.2. The van der Waals surface area contributed by atoms with Gasteiger partial charge in [0.2, 0.25) is 5.91 Å². The number of fused-ring (bicyclic) bond motifs is 1. The largest absolute Gasteiger partial charge is 0.318 e. The van der Waals surface area contributed by atoms with Gasteiger partial charge in [-0.15, -0.1) is 12.4 Å². The van der Waals surface area contributed by atoms with Crippen molar-refractivity contribution < 1.29 is 4.79 Å². The molecule has 1 heterocycles. The Morgan fingerprint density at radius 3 is 2.65 bits per heavy atom. The first-order valence-electron chi connectivity index (χ1n) is 5.69. The number of carbonyl (C=O) groups is 1. The van der Waals surface area contributed by atoms with E-state index in [-0.39, 0.29) is 18.3 Å². The molecule has 0 aliphatic carbocycles. The Morgan fingerprint density at radius 2 is 2.00 bits per heavy atom. The highest BCUT2D eigenvalue weighted by Crippen LogP contribution is 2.28. The predicted octanol–water partition coefficient (Wildman–Crippen LogP) is 2.12. The average Bonchev–Trinajstić information content (AvgIpc) is 2.26. The van der Waals surface area contributed by atoms with Crippen LogP contribution < -0.4 is 10.6 Å². The summed E-state index contributed by atoms with van der Waals surface area (Å²) in [5.41, 5.74) is 7.34. The number of amides is 1. The topological polar surface area (TPSA) is 46.3 Å². The van der Waals surface area contributed by atoms with Crippen molar-refractivity contribution in [3.05, 3.63) is 29.8 Å². The number of para-hydroxylation sites is 1. The Hall–Kier alpha value is -1.06. The minimum atomic E-state index is -0.801. The monoisotopic (exact) mass is 254 g/mol. The fraction of sp³-hybridized carbons (Fsp3) is 0.462. The molecule has 0 unspecified atom stereocenters. The summed E-state index contributed by atoms with van der Waals surface area (Å²) in [5.74, 6) is -0.000324. The van der Waals surface area contributed by atoms with Crippen molar-refractivity contribution >= 4 is 24.0 Å². The summed E-state index contributed by atoms with van der Waals surface area (Å²) in [6.45, 7) is 4.29. The smallest absolute Gasteiger partial charge is 0.246 e. The zero-order valence-corrected chi connectivity index (χ0v) is 11.1. The average molecular weight is 255 g/mol. The Morgan fingerprint density at radius 1 is 1.35 bits per heavy atom. The molecule has 0 spiro atoms. The van der Waals surface area contributed by atoms with Gasteiger partial charge in [-0.1, -0.05) is 18.2 Å². The van der Waals surface area contributed by atoms with Crippen molar-refractivity contribution in [3.8, 4) is 0 Å². The predicted molar refractivity (Wildman–Crippen MR) is 72.6 cm³/mol. The molecule has 1 amide bonds. The van der Waals surface area contributed by atoms with Crippen LogP contribution in [0.15, 0.2) is 24.3 Å². The molecule has 2 N–H and O–H groups in total. The first-order chi connectivity index (χ1) is 7.50. The number of aryl methyl sites for hydroxylation is 1. The molecule has 0 aromatic heterocycles. The quantitative estimate of drug-likeness (QED) is 0.835. The Balaban J connectivity index is 0.00000144. The summed E-state index contributed by atoms with van der Waals surface area (Å²) >= 11 is 0. The molecule has 0 radical (unpaired) electrons. The van der Waals surface area contributed by atoms with Gasteiger partial charge in [0.25, 0.3) is 0 Å². The van der Waals surface area contributed by atoms with E-state index in [1.807, 2.05) is 23.1 Å². The van der Waals surface area contributed by atoms with Crippen LogP contribution in [0, 0.1) is 0 Å². The third-order valence-corrected chi connectivity index (χ3v) is 2.91. The molecule has 94 valence electrons. The number of nitrogens with zero attached hydrogens (tertiary/aromatic N) is 1. The van der Waals surface area contributed by atoms with Crippen LogP contribution in [-0.4, -0.2) is 18.0 Å². The summed E-state index contributed by atoms with van der Waals surface area (Å²) in [6.07, 6.45) is 2.06. The fourth-order valence-electron chi connectivity index (χ4n) is 2.09. The van der Waals surface area contributed by atoms with Crippen LogP contribution >= 0.6 is 12.4 Å².